The maximum atomic E-state index is 13.6. The Morgan fingerprint density at radius 2 is 1.33 bits per heavy atom. The number of rotatable bonds is 13. The molecule has 2 aromatic rings. The molecule has 0 bridgehead atoms. The number of hydrogen-bond donors (Lipinski definition) is 0. The lowest BCUT2D eigenvalue weighted by Gasteiger charge is -2.38. The van der Waals surface area contributed by atoms with E-state index in [2.05, 4.69) is 13.8 Å². The first-order valence-electron chi connectivity index (χ1n) is 11.2. The molecule has 166 valence electrons. The van der Waals surface area contributed by atoms with Gasteiger partial charge in [-0.05, 0) is 41.7 Å². The maximum Gasteiger partial charge on any atom is 0.174 e. The van der Waals surface area contributed by atoms with Crippen LogP contribution >= 0.6 is 0 Å². The van der Waals surface area contributed by atoms with Crippen molar-refractivity contribution in [3.8, 4) is 11.1 Å². The van der Waals surface area contributed by atoms with Gasteiger partial charge in [0.2, 0.25) is 0 Å². The minimum Gasteiger partial charge on any atom is -0.353 e. The Balaban J connectivity index is 2.22. The van der Waals surface area contributed by atoms with E-state index in [0.29, 0.717) is 5.56 Å². The smallest absolute Gasteiger partial charge is 0.174 e. The summed E-state index contributed by atoms with van der Waals surface area (Å²) in [4.78, 5) is 0. The van der Waals surface area contributed by atoms with E-state index in [1.54, 1.807) is 14.2 Å². The lowest BCUT2D eigenvalue weighted by atomic mass is 9.83. The second kappa shape index (κ2) is 12.2. The molecule has 0 aliphatic rings. The van der Waals surface area contributed by atoms with E-state index in [1.807, 2.05) is 24.3 Å². The van der Waals surface area contributed by atoms with Crippen LogP contribution in [0.2, 0.25) is 0 Å². The normalized spacial score (nSPS) is 12.9. The van der Waals surface area contributed by atoms with Gasteiger partial charge in [-0.3, -0.25) is 0 Å². The second-order valence-corrected chi connectivity index (χ2v) is 7.96. The quantitative estimate of drug-likeness (QED) is 0.243. The number of benzene rings is 2. The van der Waals surface area contributed by atoms with Crippen LogP contribution in [-0.4, -0.2) is 20.0 Å². The predicted octanol–water partition coefficient (Wildman–Crippen LogP) is 7.87. The van der Waals surface area contributed by atoms with Gasteiger partial charge in [0.15, 0.2) is 5.79 Å². The summed E-state index contributed by atoms with van der Waals surface area (Å²) in [6.07, 6.45) is 9.09. The molecule has 0 aliphatic carbocycles. The zero-order valence-electron chi connectivity index (χ0n) is 18.8. The van der Waals surface area contributed by atoms with E-state index in [0.717, 1.165) is 36.5 Å². The van der Waals surface area contributed by atoms with Crippen LogP contribution in [0.3, 0.4) is 0 Å². The van der Waals surface area contributed by atoms with Crippen molar-refractivity contribution in [2.45, 2.75) is 76.9 Å². The first-order chi connectivity index (χ1) is 14.5. The third-order valence-electron chi connectivity index (χ3n) is 6.07. The third kappa shape index (κ3) is 6.36. The fourth-order valence-electron chi connectivity index (χ4n) is 4.30. The molecular formula is C26H36F2O2. The van der Waals surface area contributed by atoms with Crippen molar-refractivity contribution < 1.29 is 18.3 Å². The van der Waals surface area contributed by atoms with Gasteiger partial charge in [0.25, 0.3) is 0 Å². The molecule has 0 radical (unpaired) electrons. The van der Waals surface area contributed by atoms with Gasteiger partial charge in [0.05, 0.1) is 0 Å². The molecule has 0 saturated carbocycles. The summed E-state index contributed by atoms with van der Waals surface area (Å²) in [5.41, 5.74) is 2.44. The summed E-state index contributed by atoms with van der Waals surface area (Å²) < 4.78 is 38.9. The summed E-state index contributed by atoms with van der Waals surface area (Å²) >= 11 is 0. The highest BCUT2D eigenvalue weighted by molar-refractivity contribution is 5.64. The molecule has 0 amide bonds. The summed E-state index contributed by atoms with van der Waals surface area (Å²) in [6.45, 7) is 4.30. The van der Waals surface area contributed by atoms with Crippen molar-refractivity contribution in [2.24, 2.45) is 0 Å². The summed E-state index contributed by atoms with van der Waals surface area (Å²) in [5, 5.41) is 0. The van der Waals surface area contributed by atoms with Crippen LogP contribution < -0.4 is 0 Å². The third-order valence-corrected chi connectivity index (χ3v) is 6.07. The summed E-state index contributed by atoms with van der Waals surface area (Å²) in [6, 6.07) is 11.5. The summed E-state index contributed by atoms with van der Waals surface area (Å²) in [7, 11) is 3.40. The SMILES string of the molecule is CCCCCCCCC(c1ccc(-c2cc(F)cc(F)c2)cc1)C(CC)(OC)OC. The van der Waals surface area contributed by atoms with Crippen molar-refractivity contribution in [1.29, 1.82) is 0 Å². The number of hydrogen-bond acceptors (Lipinski definition) is 2. The highest BCUT2D eigenvalue weighted by atomic mass is 19.1. The van der Waals surface area contributed by atoms with Gasteiger partial charge < -0.3 is 9.47 Å². The van der Waals surface area contributed by atoms with E-state index in [4.69, 9.17) is 9.47 Å². The maximum absolute atomic E-state index is 13.6. The fraction of sp³-hybridized carbons (Fsp3) is 0.538. The zero-order valence-corrected chi connectivity index (χ0v) is 18.8. The van der Waals surface area contributed by atoms with E-state index >= 15 is 0 Å². The largest absolute Gasteiger partial charge is 0.353 e. The molecule has 0 spiro atoms. The van der Waals surface area contributed by atoms with Crippen molar-refractivity contribution in [3.63, 3.8) is 0 Å². The monoisotopic (exact) mass is 418 g/mol. The molecule has 2 nitrogen and oxygen atoms in total. The van der Waals surface area contributed by atoms with Gasteiger partial charge in [-0.2, -0.15) is 0 Å². The Morgan fingerprint density at radius 3 is 1.87 bits per heavy atom. The van der Waals surface area contributed by atoms with E-state index in [-0.39, 0.29) is 5.92 Å². The zero-order chi connectivity index (χ0) is 22.0. The molecule has 0 N–H and O–H groups in total. The Morgan fingerprint density at radius 1 is 0.767 bits per heavy atom. The van der Waals surface area contributed by atoms with Gasteiger partial charge in [0, 0.05) is 26.2 Å². The van der Waals surface area contributed by atoms with E-state index < -0.39 is 17.4 Å². The van der Waals surface area contributed by atoms with Crippen LogP contribution in [0.4, 0.5) is 8.78 Å². The minimum absolute atomic E-state index is 0.0852. The van der Waals surface area contributed by atoms with Crippen LogP contribution in [-0.2, 0) is 9.47 Å². The van der Waals surface area contributed by atoms with Crippen molar-refractivity contribution >= 4 is 0 Å². The van der Waals surface area contributed by atoms with Crippen molar-refractivity contribution in [3.05, 3.63) is 59.7 Å². The van der Waals surface area contributed by atoms with Gasteiger partial charge in [-0.1, -0.05) is 76.6 Å². The molecular weight excluding hydrogens is 382 g/mol. The molecule has 0 aromatic heterocycles. The van der Waals surface area contributed by atoms with Crippen molar-refractivity contribution in [2.75, 3.05) is 14.2 Å². The number of unbranched alkanes of at least 4 members (excludes halogenated alkanes) is 5. The first-order valence-corrected chi connectivity index (χ1v) is 11.2. The minimum atomic E-state index is -0.685. The first kappa shape index (κ1) is 24.5. The lowest BCUT2D eigenvalue weighted by molar-refractivity contribution is -0.225. The van der Waals surface area contributed by atoms with Crippen LogP contribution in [0, 0.1) is 11.6 Å². The highest BCUT2D eigenvalue weighted by Crippen LogP contribution is 2.39. The number of methoxy groups -OCH3 is 2. The average molecular weight is 419 g/mol. The summed E-state index contributed by atoms with van der Waals surface area (Å²) in [5.74, 6) is -1.74. The highest BCUT2D eigenvalue weighted by Gasteiger charge is 2.38. The molecule has 0 fully saturated rings. The molecule has 2 rings (SSSR count). The molecule has 0 aliphatic heterocycles. The van der Waals surface area contributed by atoms with Gasteiger partial charge in [-0.25, -0.2) is 8.78 Å². The van der Waals surface area contributed by atoms with Crippen LogP contribution in [0.5, 0.6) is 0 Å². The Kier molecular flexibility index (Phi) is 9.93. The standard InChI is InChI=1S/C26H36F2O2/c1-5-7-8-9-10-11-12-25(26(6-2,29-3)30-4)21-15-13-20(14-16-21)22-17-23(27)19-24(28)18-22/h13-19,25H,5-12H2,1-4H3. The molecule has 0 heterocycles. The molecule has 0 saturated heterocycles. The predicted molar refractivity (Wildman–Crippen MR) is 120 cm³/mol. The van der Waals surface area contributed by atoms with Gasteiger partial charge in [-0.15, -0.1) is 0 Å². The molecule has 4 heteroatoms. The topological polar surface area (TPSA) is 18.5 Å². The van der Waals surface area contributed by atoms with E-state index in [1.165, 1.54) is 44.2 Å². The van der Waals surface area contributed by atoms with E-state index in [9.17, 15) is 8.78 Å². The molecule has 1 unspecified atom stereocenters. The Hall–Kier alpha value is -1.78. The van der Waals surface area contributed by atoms with Crippen LogP contribution in [0.25, 0.3) is 11.1 Å². The second-order valence-electron chi connectivity index (χ2n) is 7.96. The Bertz CT molecular complexity index is 726. The van der Waals surface area contributed by atoms with Crippen LogP contribution in [0.15, 0.2) is 42.5 Å². The van der Waals surface area contributed by atoms with Gasteiger partial charge >= 0.3 is 0 Å². The average Bonchev–Trinajstić information content (AvgIpc) is 2.75. The van der Waals surface area contributed by atoms with Crippen molar-refractivity contribution in [1.82, 2.24) is 0 Å². The fourth-order valence-corrected chi connectivity index (χ4v) is 4.30. The lowest BCUT2D eigenvalue weighted by Crippen LogP contribution is -2.40. The molecule has 30 heavy (non-hydrogen) atoms. The Labute approximate surface area is 180 Å². The number of halogens is 2. The molecule has 2 aromatic carbocycles. The van der Waals surface area contributed by atoms with Gasteiger partial charge in [0.1, 0.15) is 11.6 Å². The van der Waals surface area contributed by atoms with Crippen LogP contribution in [0.1, 0.15) is 76.7 Å². The molecule has 1 atom stereocenters. The number of ether oxygens (including phenoxy) is 2.